The van der Waals surface area contributed by atoms with Crippen LogP contribution >= 0.6 is 11.8 Å². The molecule has 0 saturated heterocycles. The summed E-state index contributed by atoms with van der Waals surface area (Å²) in [4.78, 5) is 23.7. The van der Waals surface area contributed by atoms with E-state index in [1.807, 2.05) is 0 Å². The standard InChI is InChI=1S/C12H14N6O2S/c1-17-6-2-3-9(17)11(20)13-10(19)7-21-12-14-15-16-18(12)8-4-5-8/h2-3,6,8H,4-5,7H2,1H3,(H,13,19,20). The first-order valence-corrected chi connectivity index (χ1v) is 7.50. The largest absolute Gasteiger partial charge is 0.347 e. The second-order valence-electron chi connectivity index (χ2n) is 4.81. The number of aromatic nitrogens is 5. The first-order valence-electron chi connectivity index (χ1n) is 6.51. The summed E-state index contributed by atoms with van der Waals surface area (Å²) in [5, 5.41) is 14.4. The van der Waals surface area contributed by atoms with Gasteiger partial charge >= 0.3 is 0 Å². The molecule has 0 spiro atoms. The fraction of sp³-hybridized carbons (Fsp3) is 0.417. The number of thioether (sulfide) groups is 1. The number of imide groups is 1. The summed E-state index contributed by atoms with van der Waals surface area (Å²) in [6, 6.07) is 3.76. The lowest BCUT2D eigenvalue weighted by Crippen LogP contribution is -2.33. The molecule has 1 fully saturated rings. The van der Waals surface area contributed by atoms with Gasteiger partial charge < -0.3 is 4.57 Å². The number of carbonyl (C=O) groups is 2. The molecule has 1 saturated carbocycles. The van der Waals surface area contributed by atoms with Gasteiger partial charge in [0.05, 0.1) is 11.8 Å². The van der Waals surface area contributed by atoms with E-state index < -0.39 is 5.91 Å². The molecule has 0 radical (unpaired) electrons. The number of nitrogens with zero attached hydrogens (tertiary/aromatic N) is 5. The number of tetrazole rings is 1. The molecule has 110 valence electrons. The van der Waals surface area contributed by atoms with Crippen molar-refractivity contribution in [2.24, 2.45) is 7.05 Å². The van der Waals surface area contributed by atoms with Crippen LogP contribution in [0, 0.1) is 0 Å². The Labute approximate surface area is 124 Å². The molecule has 0 aliphatic heterocycles. The molecule has 21 heavy (non-hydrogen) atoms. The van der Waals surface area contributed by atoms with Gasteiger partial charge in [-0.25, -0.2) is 4.68 Å². The molecule has 1 N–H and O–H groups in total. The number of carbonyl (C=O) groups excluding carboxylic acids is 2. The van der Waals surface area contributed by atoms with Crippen LogP contribution in [-0.2, 0) is 11.8 Å². The summed E-state index contributed by atoms with van der Waals surface area (Å²) in [7, 11) is 1.75. The van der Waals surface area contributed by atoms with Crippen LogP contribution in [0.4, 0.5) is 0 Å². The van der Waals surface area contributed by atoms with Gasteiger partial charge in [0, 0.05) is 13.2 Å². The van der Waals surface area contributed by atoms with E-state index in [9.17, 15) is 9.59 Å². The minimum atomic E-state index is -0.408. The van der Waals surface area contributed by atoms with Crippen molar-refractivity contribution >= 4 is 23.6 Å². The Morgan fingerprint density at radius 1 is 1.48 bits per heavy atom. The maximum Gasteiger partial charge on any atom is 0.274 e. The predicted octanol–water partition coefficient (Wildman–Crippen LogP) is 0.395. The van der Waals surface area contributed by atoms with Crippen molar-refractivity contribution < 1.29 is 9.59 Å². The molecular formula is C12H14N6O2S. The van der Waals surface area contributed by atoms with E-state index in [-0.39, 0.29) is 11.7 Å². The molecule has 8 nitrogen and oxygen atoms in total. The molecule has 2 aromatic rings. The molecule has 0 unspecified atom stereocenters. The van der Waals surface area contributed by atoms with E-state index in [2.05, 4.69) is 20.8 Å². The van der Waals surface area contributed by atoms with E-state index in [0.717, 1.165) is 12.8 Å². The Morgan fingerprint density at radius 2 is 2.29 bits per heavy atom. The highest BCUT2D eigenvalue weighted by Gasteiger charge is 2.28. The Balaban J connectivity index is 1.53. The van der Waals surface area contributed by atoms with Gasteiger partial charge in [0.25, 0.3) is 5.91 Å². The van der Waals surface area contributed by atoms with Gasteiger partial charge in [-0.1, -0.05) is 11.8 Å². The molecule has 0 atom stereocenters. The highest BCUT2D eigenvalue weighted by atomic mass is 32.2. The van der Waals surface area contributed by atoms with E-state index >= 15 is 0 Å². The molecule has 3 rings (SSSR count). The summed E-state index contributed by atoms with van der Waals surface area (Å²) >= 11 is 1.23. The third kappa shape index (κ3) is 3.13. The second-order valence-corrected chi connectivity index (χ2v) is 5.75. The minimum Gasteiger partial charge on any atom is -0.347 e. The zero-order valence-corrected chi connectivity index (χ0v) is 12.2. The summed E-state index contributed by atoms with van der Waals surface area (Å²) in [6.07, 6.45) is 3.88. The minimum absolute atomic E-state index is 0.100. The van der Waals surface area contributed by atoms with Gasteiger partial charge in [0.2, 0.25) is 11.1 Å². The fourth-order valence-electron chi connectivity index (χ4n) is 1.88. The van der Waals surface area contributed by atoms with Gasteiger partial charge in [-0.05, 0) is 35.4 Å². The zero-order chi connectivity index (χ0) is 14.8. The summed E-state index contributed by atoms with van der Waals surface area (Å²) in [6.45, 7) is 0. The van der Waals surface area contributed by atoms with Gasteiger partial charge in [-0.3, -0.25) is 14.9 Å². The van der Waals surface area contributed by atoms with Gasteiger partial charge in [-0.15, -0.1) is 5.10 Å². The molecule has 0 bridgehead atoms. The van der Waals surface area contributed by atoms with E-state index in [4.69, 9.17) is 0 Å². The lowest BCUT2D eigenvalue weighted by atomic mass is 10.4. The lowest BCUT2D eigenvalue weighted by molar-refractivity contribution is -0.117. The van der Waals surface area contributed by atoms with Crippen molar-refractivity contribution in [3.63, 3.8) is 0 Å². The van der Waals surface area contributed by atoms with E-state index in [1.165, 1.54) is 11.8 Å². The SMILES string of the molecule is Cn1cccc1C(=O)NC(=O)CSc1nnnn1C1CC1. The van der Waals surface area contributed by atoms with Crippen molar-refractivity contribution in [3.8, 4) is 0 Å². The number of rotatable bonds is 5. The Hall–Kier alpha value is -2.16. The van der Waals surface area contributed by atoms with Crippen LogP contribution in [0.3, 0.4) is 0 Å². The summed E-state index contributed by atoms with van der Waals surface area (Å²) < 4.78 is 3.39. The highest BCUT2D eigenvalue weighted by molar-refractivity contribution is 7.99. The van der Waals surface area contributed by atoms with Crippen LogP contribution in [0.5, 0.6) is 0 Å². The summed E-state index contributed by atoms with van der Waals surface area (Å²) in [5.41, 5.74) is 0.441. The van der Waals surface area contributed by atoms with Crippen LogP contribution in [0.15, 0.2) is 23.5 Å². The van der Waals surface area contributed by atoms with Crippen LogP contribution in [0.2, 0.25) is 0 Å². The van der Waals surface area contributed by atoms with Crippen LogP contribution < -0.4 is 5.32 Å². The molecule has 1 aliphatic carbocycles. The fourth-order valence-corrected chi connectivity index (χ4v) is 2.63. The average molecular weight is 306 g/mol. The average Bonchev–Trinajstić information content (AvgIpc) is 3.03. The first-order chi connectivity index (χ1) is 10.1. The topological polar surface area (TPSA) is 94.7 Å². The predicted molar refractivity (Wildman–Crippen MR) is 74.7 cm³/mol. The van der Waals surface area contributed by atoms with Crippen molar-refractivity contribution in [1.29, 1.82) is 0 Å². The quantitative estimate of drug-likeness (QED) is 0.803. The van der Waals surface area contributed by atoms with E-state index in [0.29, 0.717) is 16.9 Å². The number of amides is 2. The monoisotopic (exact) mass is 306 g/mol. The number of hydrogen-bond acceptors (Lipinski definition) is 6. The molecule has 1 aliphatic rings. The van der Waals surface area contributed by atoms with Gasteiger partial charge in [0.15, 0.2) is 0 Å². The molecule has 2 aromatic heterocycles. The highest BCUT2D eigenvalue weighted by Crippen LogP contribution is 2.36. The van der Waals surface area contributed by atoms with Crippen molar-refractivity contribution in [2.75, 3.05) is 5.75 Å². The first kappa shape index (κ1) is 13.8. The van der Waals surface area contributed by atoms with Gasteiger partial charge in [-0.2, -0.15) is 0 Å². The van der Waals surface area contributed by atoms with Crippen molar-refractivity contribution in [1.82, 2.24) is 30.1 Å². The molecule has 2 amide bonds. The van der Waals surface area contributed by atoms with Crippen molar-refractivity contribution in [2.45, 2.75) is 24.0 Å². The molecule has 0 aromatic carbocycles. The van der Waals surface area contributed by atoms with Crippen LogP contribution in [-0.4, -0.2) is 42.3 Å². The van der Waals surface area contributed by atoms with Crippen LogP contribution in [0.1, 0.15) is 29.4 Å². The Kier molecular flexibility index (Phi) is 3.74. The lowest BCUT2D eigenvalue weighted by Gasteiger charge is -2.05. The maximum atomic E-state index is 11.9. The summed E-state index contributed by atoms with van der Waals surface area (Å²) in [5.74, 6) is -0.671. The zero-order valence-electron chi connectivity index (χ0n) is 11.4. The molecule has 9 heteroatoms. The second kappa shape index (κ2) is 5.68. The van der Waals surface area contributed by atoms with Crippen LogP contribution in [0.25, 0.3) is 0 Å². The van der Waals surface area contributed by atoms with Gasteiger partial charge in [0.1, 0.15) is 5.69 Å². The molecular weight excluding hydrogens is 292 g/mol. The number of aryl methyl sites for hydroxylation is 1. The Bertz CT molecular complexity index is 675. The van der Waals surface area contributed by atoms with E-state index in [1.54, 1.807) is 34.6 Å². The number of hydrogen-bond donors (Lipinski definition) is 1. The third-order valence-corrected chi connectivity index (χ3v) is 4.05. The smallest absolute Gasteiger partial charge is 0.274 e. The Morgan fingerprint density at radius 3 is 2.95 bits per heavy atom. The number of nitrogens with one attached hydrogen (secondary N) is 1. The van der Waals surface area contributed by atoms with Crippen molar-refractivity contribution in [3.05, 3.63) is 24.0 Å². The normalized spacial score (nSPS) is 14.1. The molecule has 2 heterocycles. The third-order valence-electron chi connectivity index (χ3n) is 3.12. The maximum absolute atomic E-state index is 11.9.